The van der Waals surface area contributed by atoms with Crippen molar-refractivity contribution in [1.29, 1.82) is 0 Å². The minimum Gasteiger partial charge on any atom is -0.372 e. The van der Waals surface area contributed by atoms with Crippen molar-refractivity contribution in [2.24, 2.45) is 14.1 Å². The van der Waals surface area contributed by atoms with Gasteiger partial charge in [-0.2, -0.15) is 0 Å². The van der Waals surface area contributed by atoms with Crippen molar-refractivity contribution >= 4 is 17.3 Å². The lowest BCUT2D eigenvalue weighted by Crippen LogP contribution is -2.44. The third-order valence-electron chi connectivity index (χ3n) is 6.36. The Morgan fingerprint density at radius 2 is 1.67 bits per heavy atom. The van der Waals surface area contributed by atoms with Crippen molar-refractivity contribution in [2.75, 3.05) is 23.3 Å². The predicted octanol–water partition coefficient (Wildman–Crippen LogP) is 2.49. The third-order valence-corrected chi connectivity index (χ3v) is 6.36. The maximum Gasteiger partial charge on any atom is 0.332 e. The highest BCUT2D eigenvalue weighted by Crippen LogP contribution is 2.43. The number of carbonyl (C=O) groups excluding carboxylic acids is 1. The Labute approximate surface area is 175 Å². The van der Waals surface area contributed by atoms with Gasteiger partial charge in [-0.3, -0.25) is 18.7 Å². The molecular formula is C23H28N4O3. The summed E-state index contributed by atoms with van der Waals surface area (Å²) in [6.07, 6.45) is 1.99. The van der Waals surface area contributed by atoms with Crippen LogP contribution in [0.25, 0.3) is 0 Å². The molecule has 0 radical (unpaired) electrons. The Bertz CT molecular complexity index is 1150. The number of ketones is 1. The second-order valence-corrected chi connectivity index (χ2v) is 7.96. The van der Waals surface area contributed by atoms with Crippen LogP contribution in [0.15, 0.2) is 45.1 Å². The van der Waals surface area contributed by atoms with Gasteiger partial charge in [0.05, 0.1) is 5.56 Å². The number of allylic oxidation sites excluding steroid dienone is 2. The largest absolute Gasteiger partial charge is 0.372 e. The van der Waals surface area contributed by atoms with Gasteiger partial charge in [-0.15, -0.1) is 0 Å². The van der Waals surface area contributed by atoms with Gasteiger partial charge in [-0.1, -0.05) is 12.1 Å². The molecule has 1 aromatic heterocycles. The molecule has 158 valence electrons. The van der Waals surface area contributed by atoms with Gasteiger partial charge in [0.15, 0.2) is 5.78 Å². The van der Waals surface area contributed by atoms with Gasteiger partial charge in [-0.05, 0) is 44.4 Å². The van der Waals surface area contributed by atoms with Crippen LogP contribution in [0, 0.1) is 0 Å². The second kappa shape index (κ2) is 7.63. The Morgan fingerprint density at radius 3 is 2.30 bits per heavy atom. The number of nitrogens with zero attached hydrogens (tertiary/aromatic N) is 3. The SMILES string of the molecule is CCN(CC)c1ccc(C2C3=C(CCCC3=O)Nc3c2c(=O)n(C)c(=O)n3C)cc1. The molecule has 0 fully saturated rings. The fraction of sp³-hybridized carbons (Fsp3) is 0.435. The predicted molar refractivity (Wildman–Crippen MR) is 118 cm³/mol. The van der Waals surface area contributed by atoms with Gasteiger partial charge >= 0.3 is 5.69 Å². The summed E-state index contributed by atoms with van der Waals surface area (Å²) >= 11 is 0. The Morgan fingerprint density at radius 1 is 1.00 bits per heavy atom. The van der Waals surface area contributed by atoms with E-state index in [1.807, 2.05) is 24.3 Å². The number of anilines is 2. The van der Waals surface area contributed by atoms with E-state index in [2.05, 4.69) is 24.1 Å². The van der Waals surface area contributed by atoms with E-state index < -0.39 is 5.92 Å². The van der Waals surface area contributed by atoms with Gasteiger partial charge in [-0.25, -0.2) is 4.79 Å². The summed E-state index contributed by atoms with van der Waals surface area (Å²) in [7, 11) is 3.14. The standard InChI is InChI=1S/C23H28N4O3/c1-5-27(6-2)15-12-10-14(11-13-15)18-19-16(8-7-9-17(19)28)24-21-20(18)22(29)26(4)23(30)25(21)3/h10-13,18,24H,5-9H2,1-4H3. The van der Waals surface area contributed by atoms with Crippen LogP contribution in [0.4, 0.5) is 11.5 Å². The maximum atomic E-state index is 13.2. The fourth-order valence-corrected chi connectivity index (χ4v) is 4.70. The quantitative estimate of drug-likeness (QED) is 0.841. The molecule has 0 spiro atoms. The first-order valence-electron chi connectivity index (χ1n) is 10.6. The smallest absolute Gasteiger partial charge is 0.332 e. The molecule has 0 saturated heterocycles. The van der Waals surface area contributed by atoms with Crippen LogP contribution < -0.4 is 21.5 Å². The van der Waals surface area contributed by atoms with E-state index in [0.717, 1.165) is 47.4 Å². The van der Waals surface area contributed by atoms with E-state index >= 15 is 0 Å². The Balaban J connectivity index is 1.95. The first kappa shape index (κ1) is 20.2. The van der Waals surface area contributed by atoms with E-state index in [-0.39, 0.29) is 17.0 Å². The summed E-state index contributed by atoms with van der Waals surface area (Å²) in [6, 6.07) is 8.10. The van der Waals surface area contributed by atoms with Crippen LogP contribution in [-0.2, 0) is 18.9 Å². The number of rotatable bonds is 4. The normalized spacial score (nSPS) is 18.0. The first-order chi connectivity index (χ1) is 14.4. The summed E-state index contributed by atoms with van der Waals surface area (Å²) in [5, 5.41) is 3.25. The van der Waals surface area contributed by atoms with Crippen LogP contribution in [0.3, 0.4) is 0 Å². The highest BCUT2D eigenvalue weighted by molar-refractivity contribution is 6.00. The summed E-state index contributed by atoms with van der Waals surface area (Å²) < 4.78 is 2.59. The average Bonchev–Trinajstić information content (AvgIpc) is 2.76. The van der Waals surface area contributed by atoms with Crippen molar-refractivity contribution in [3.8, 4) is 0 Å². The van der Waals surface area contributed by atoms with Gasteiger partial charge in [0, 0.05) is 56.5 Å². The zero-order valence-corrected chi connectivity index (χ0v) is 18.0. The van der Waals surface area contributed by atoms with Crippen LogP contribution >= 0.6 is 0 Å². The summed E-state index contributed by atoms with van der Waals surface area (Å²) in [6.45, 7) is 6.04. The molecule has 1 aromatic carbocycles. The molecule has 0 bridgehead atoms. The van der Waals surface area contributed by atoms with Crippen LogP contribution in [0.1, 0.15) is 50.2 Å². The minimum absolute atomic E-state index is 0.0723. The summed E-state index contributed by atoms with van der Waals surface area (Å²) in [5.74, 6) is 0.0952. The van der Waals surface area contributed by atoms with Gasteiger partial charge in [0.2, 0.25) is 0 Å². The van der Waals surface area contributed by atoms with Crippen molar-refractivity contribution in [1.82, 2.24) is 9.13 Å². The number of hydrogen-bond donors (Lipinski definition) is 1. The second-order valence-electron chi connectivity index (χ2n) is 7.96. The molecule has 30 heavy (non-hydrogen) atoms. The molecule has 1 N–H and O–H groups in total. The van der Waals surface area contributed by atoms with Crippen LogP contribution in [-0.4, -0.2) is 28.0 Å². The zero-order chi connectivity index (χ0) is 21.6. The number of hydrogen-bond acceptors (Lipinski definition) is 5. The molecule has 1 aliphatic carbocycles. The van der Waals surface area contributed by atoms with E-state index in [1.165, 1.54) is 11.6 Å². The molecule has 2 heterocycles. The number of fused-ring (bicyclic) bond motifs is 1. The van der Waals surface area contributed by atoms with Crippen LogP contribution in [0.2, 0.25) is 0 Å². The number of benzene rings is 1. The van der Waals surface area contributed by atoms with Gasteiger partial charge in [0.1, 0.15) is 5.82 Å². The monoisotopic (exact) mass is 408 g/mol. The molecule has 1 aliphatic heterocycles. The van der Waals surface area contributed by atoms with Crippen molar-refractivity contribution in [3.05, 3.63) is 67.5 Å². The minimum atomic E-state index is -0.472. The Kier molecular flexibility index (Phi) is 5.13. The number of nitrogens with one attached hydrogen (secondary N) is 1. The topological polar surface area (TPSA) is 76.3 Å². The van der Waals surface area contributed by atoms with Crippen molar-refractivity contribution < 1.29 is 4.79 Å². The van der Waals surface area contributed by atoms with E-state index in [1.54, 1.807) is 7.05 Å². The van der Waals surface area contributed by atoms with Gasteiger partial charge < -0.3 is 10.2 Å². The molecule has 2 aliphatic rings. The lowest BCUT2D eigenvalue weighted by molar-refractivity contribution is -0.116. The summed E-state index contributed by atoms with van der Waals surface area (Å²) in [5.41, 5.74) is 3.23. The number of carbonyl (C=O) groups is 1. The number of Topliss-reactive ketones (excluding diaryl/α,β-unsaturated/α-hetero) is 1. The molecule has 7 heteroatoms. The maximum absolute atomic E-state index is 13.2. The molecule has 7 nitrogen and oxygen atoms in total. The highest BCUT2D eigenvalue weighted by Gasteiger charge is 2.38. The Hall–Kier alpha value is -3.09. The molecule has 1 atom stereocenters. The molecule has 1 unspecified atom stereocenters. The van der Waals surface area contributed by atoms with Crippen molar-refractivity contribution in [3.63, 3.8) is 0 Å². The highest BCUT2D eigenvalue weighted by atomic mass is 16.2. The molecule has 2 aromatic rings. The van der Waals surface area contributed by atoms with E-state index in [4.69, 9.17) is 0 Å². The summed E-state index contributed by atoms with van der Waals surface area (Å²) in [4.78, 5) is 40.9. The van der Waals surface area contributed by atoms with E-state index in [0.29, 0.717) is 23.4 Å². The fourth-order valence-electron chi connectivity index (χ4n) is 4.70. The average molecular weight is 409 g/mol. The third kappa shape index (κ3) is 3.00. The van der Waals surface area contributed by atoms with Crippen LogP contribution in [0.5, 0.6) is 0 Å². The van der Waals surface area contributed by atoms with E-state index in [9.17, 15) is 14.4 Å². The molecule has 4 rings (SSSR count). The molecule has 0 saturated carbocycles. The zero-order valence-electron chi connectivity index (χ0n) is 18.0. The van der Waals surface area contributed by atoms with Crippen molar-refractivity contribution in [2.45, 2.75) is 39.0 Å². The lowest BCUT2D eigenvalue weighted by atomic mass is 9.76. The number of aromatic nitrogens is 2. The van der Waals surface area contributed by atoms with Gasteiger partial charge in [0.25, 0.3) is 5.56 Å². The lowest BCUT2D eigenvalue weighted by Gasteiger charge is -2.34. The molecule has 0 amide bonds. The molecular weight excluding hydrogens is 380 g/mol. The first-order valence-corrected chi connectivity index (χ1v) is 10.6.